The fourth-order valence-electron chi connectivity index (χ4n) is 4.18. The average Bonchev–Trinajstić information content (AvgIpc) is 3.23. The van der Waals surface area contributed by atoms with Crippen LogP contribution in [0.1, 0.15) is 49.7 Å². The molecule has 0 saturated carbocycles. The molecule has 0 amide bonds. The fourth-order valence-corrected chi connectivity index (χ4v) is 4.18. The van der Waals surface area contributed by atoms with Crippen LogP contribution in [0.25, 0.3) is 11.2 Å². The van der Waals surface area contributed by atoms with E-state index >= 15 is 0 Å². The van der Waals surface area contributed by atoms with Gasteiger partial charge in [0.1, 0.15) is 23.5 Å². The van der Waals surface area contributed by atoms with E-state index in [-0.39, 0.29) is 0 Å². The quantitative estimate of drug-likeness (QED) is 0.769. The summed E-state index contributed by atoms with van der Waals surface area (Å²) in [5.74, 6) is 3.68. The van der Waals surface area contributed by atoms with Crippen molar-refractivity contribution in [3.8, 4) is 0 Å². The normalized spacial score (nSPS) is 21.3. The second-order valence-corrected chi connectivity index (χ2v) is 7.02. The second-order valence-electron chi connectivity index (χ2n) is 7.02. The van der Waals surface area contributed by atoms with E-state index in [0.29, 0.717) is 5.92 Å². The molecule has 2 aliphatic heterocycles. The first-order valence-corrected chi connectivity index (χ1v) is 9.21. The van der Waals surface area contributed by atoms with Gasteiger partial charge in [0, 0.05) is 32.0 Å². The van der Waals surface area contributed by atoms with Gasteiger partial charge in [-0.15, -0.1) is 10.2 Å². The van der Waals surface area contributed by atoms with E-state index in [9.17, 15) is 0 Å². The molecule has 1 fully saturated rings. The molecule has 3 aromatic rings. The monoisotopic (exact) mass is 338 g/mol. The molecule has 1 N–H and O–H groups in total. The smallest absolute Gasteiger partial charge is 0.182 e. The predicted molar refractivity (Wildman–Crippen MR) is 93.4 cm³/mol. The molecule has 0 bridgehead atoms. The van der Waals surface area contributed by atoms with Crippen LogP contribution >= 0.6 is 0 Å². The summed E-state index contributed by atoms with van der Waals surface area (Å²) >= 11 is 0. The molecular formula is C17H22N8. The van der Waals surface area contributed by atoms with Crippen LogP contribution in [0.4, 0.5) is 5.82 Å². The van der Waals surface area contributed by atoms with Crippen LogP contribution in [-0.2, 0) is 13.0 Å². The van der Waals surface area contributed by atoms with Crippen LogP contribution < -0.4 is 4.90 Å². The minimum atomic E-state index is 0.404. The third-order valence-corrected chi connectivity index (χ3v) is 5.43. The zero-order valence-electron chi connectivity index (χ0n) is 14.2. The molecule has 5 heterocycles. The number of nitrogens with zero attached hydrogens (tertiary/aromatic N) is 7. The molecule has 5 rings (SSSR count). The van der Waals surface area contributed by atoms with Gasteiger partial charge in [0.15, 0.2) is 11.5 Å². The Kier molecular flexibility index (Phi) is 3.61. The minimum Gasteiger partial charge on any atom is -0.354 e. The number of hydrogen-bond acceptors (Lipinski definition) is 6. The molecule has 0 spiro atoms. The number of anilines is 1. The molecule has 0 aliphatic carbocycles. The largest absolute Gasteiger partial charge is 0.354 e. The summed E-state index contributed by atoms with van der Waals surface area (Å²) < 4.78 is 2.38. The van der Waals surface area contributed by atoms with Crippen molar-refractivity contribution in [1.29, 1.82) is 0 Å². The number of fused-ring (bicyclic) bond motifs is 2. The van der Waals surface area contributed by atoms with Gasteiger partial charge in [-0.05, 0) is 25.7 Å². The zero-order chi connectivity index (χ0) is 16.6. The second kappa shape index (κ2) is 6.09. The molecule has 8 nitrogen and oxygen atoms in total. The van der Waals surface area contributed by atoms with Gasteiger partial charge in [-0.25, -0.2) is 15.0 Å². The van der Waals surface area contributed by atoms with Gasteiger partial charge in [-0.1, -0.05) is 6.42 Å². The topological polar surface area (TPSA) is 88.4 Å². The van der Waals surface area contributed by atoms with E-state index in [4.69, 9.17) is 0 Å². The lowest BCUT2D eigenvalue weighted by Gasteiger charge is -2.33. The highest BCUT2D eigenvalue weighted by Crippen LogP contribution is 2.31. The van der Waals surface area contributed by atoms with Crippen molar-refractivity contribution in [3.63, 3.8) is 0 Å². The van der Waals surface area contributed by atoms with Crippen LogP contribution in [0, 0.1) is 0 Å². The maximum absolute atomic E-state index is 4.58. The number of aryl methyl sites for hydroxylation is 1. The van der Waals surface area contributed by atoms with E-state index in [1.54, 1.807) is 12.7 Å². The average molecular weight is 338 g/mol. The predicted octanol–water partition coefficient (Wildman–Crippen LogP) is 2.05. The van der Waals surface area contributed by atoms with Crippen molar-refractivity contribution >= 4 is 17.0 Å². The van der Waals surface area contributed by atoms with Crippen molar-refractivity contribution < 1.29 is 0 Å². The first kappa shape index (κ1) is 14.8. The Hall–Kier alpha value is -2.51. The number of hydrogen-bond donors (Lipinski definition) is 1. The molecule has 8 heteroatoms. The van der Waals surface area contributed by atoms with Gasteiger partial charge in [0.05, 0.1) is 6.33 Å². The Labute approximate surface area is 145 Å². The van der Waals surface area contributed by atoms with Crippen molar-refractivity contribution in [2.24, 2.45) is 0 Å². The highest BCUT2D eigenvalue weighted by Gasteiger charge is 2.29. The van der Waals surface area contributed by atoms with Gasteiger partial charge in [0.2, 0.25) is 0 Å². The third-order valence-electron chi connectivity index (χ3n) is 5.43. The molecule has 2 aliphatic rings. The summed E-state index contributed by atoms with van der Waals surface area (Å²) in [6.45, 7) is 2.98. The number of nitrogens with one attached hydrogen (secondary N) is 1. The van der Waals surface area contributed by atoms with E-state index < -0.39 is 0 Å². The Balaban J connectivity index is 1.45. The fraction of sp³-hybridized carbons (Fsp3) is 0.588. The molecule has 1 saturated heterocycles. The van der Waals surface area contributed by atoms with Crippen LogP contribution in [0.2, 0.25) is 0 Å². The summed E-state index contributed by atoms with van der Waals surface area (Å²) in [5, 5.41) is 9.06. The Morgan fingerprint density at radius 2 is 2.00 bits per heavy atom. The third kappa shape index (κ3) is 2.56. The minimum absolute atomic E-state index is 0.404. The van der Waals surface area contributed by atoms with Crippen LogP contribution in [-0.4, -0.2) is 47.8 Å². The SMILES string of the molecule is c1nc(N2CCC[C@H](c3nnc4n3CCCCC4)C2)c2[nH]cnc2n1. The van der Waals surface area contributed by atoms with Crippen molar-refractivity contribution in [2.75, 3.05) is 18.0 Å². The lowest BCUT2D eigenvalue weighted by Crippen LogP contribution is -2.36. The summed E-state index contributed by atoms with van der Waals surface area (Å²) in [6, 6.07) is 0. The van der Waals surface area contributed by atoms with Crippen molar-refractivity contribution in [2.45, 2.75) is 51.0 Å². The molecule has 3 aromatic heterocycles. The number of aromatic amines is 1. The summed E-state index contributed by atoms with van der Waals surface area (Å²) in [4.78, 5) is 18.5. The highest BCUT2D eigenvalue weighted by atomic mass is 15.3. The number of H-pyrrole nitrogens is 1. The van der Waals surface area contributed by atoms with Crippen molar-refractivity contribution in [3.05, 3.63) is 24.3 Å². The Bertz CT molecular complexity index is 882. The Morgan fingerprint density at radius 1 is 1.00 bits per heavy atom. The van der Waals surface area contributed by atoms with Crippen LogP contribution in [0.3, 0.4) is 0 Å². The molecule has 25 heavy (non-hydrogen) atoms. The molecular weight excluding hydrogens is 316 g/mol. The number of piperidine rings is 1. The van der Waals surface area contributed by atoms with Gasteiger partial charge in [-0.3, -0.25) is 0 Å². The van der Waals surface area contributed by atoms with E-state index in [1.807, 2.05) is 0 Å². The summed E-state index contributed by atoms with van der Waals surface area (Å²) in [5.41, 5.74) is 1.65. The van der Waals surface area contributed by atoms with E-state index in [1.165, 1.54) is 25.1 Å². The number of rotatable bonds is 2. The molecule has 130 valence electrons. The van der Waals surface area contributed by atoms with Gasteiger partial charge in [0.25, 0.3) is 0 Å². The lowest BCUT2D eigenvalue weighted by atomic mass is 9.97. The number of aromatic nitrogens is 7. The van der Waals surface area contributed by atoms with Crippen LogP contribution in [0.5, 0.6) is 0 Å². The first-order chi connectivity index (χ1) is 12.4. The maximum atomic E-state index is 4.58. The zero-order valence-corrected chi connectivity index (χ0v) is 14.2. The van der Waals surface area contributed by atoms with Gasteiger partial charge >= 0.3 is 0 Å². The number of imidazole rings is 1. The van der Waals surface area contributed by atoms with E-state index in [0.717, 1.165) is 61.7 Å². The van der Waals surface area contributed by atoms with Gasteiger partial charge in [-0.2, -0.15) is 0 Å². The standard InChI is InChI=1S/C17H22N8/c1-2-6-13-22-23-16(25(13)8-3-1)12-5-4-7-24(9-12)17-14-15(19-10-18-14)20-11-21-17/h10-12H,1-9H2,(H,18,19,20,21)/t12-/m0/s1. The molecule has 0 aromatic carbocycles. The first-order valence-electron chi connectivity index (χ1n) is 9.21. The molecule has 0 radical (unpaired) electrons. The van der Waals surface area contributed by atoms with E-state index in [2.05, 4.69) is 39.6 Å². The lowest BCUT2D eigenvalue weighted by molar-refractivity contribution is 0.464. The summed E-state index contributed by atoms with van der Waals surface area (Å²) in [6.07, 6.45) is 10.4. The maximum Gasteiger partial charge on any atom is 0.182 e. The highest BCUT2D eigenvalue weighted by molar-refractivity contribution is 5.82. The Morgan fingerprint density at radius 3 is 3.00 bits per heavy atom. The molecule has 0 unspecified atom stereocenters. The van der Waals surface area contributed by atoms with Gasteiger partial charge < -0.3 is 14.5 Å². The van der Waals surface area contributed by atoms with Crippen molar-refractivity contribution in [1.82, 2.24) is 34.7 Å². The summed E-state index contributed by atoms with van der Waals surface area (Å²) in [7, 11) is 0. The van der Waals surface area contributed by atoms with Crippen LogP contribution in [0.15, 0.2) is 12.7 Å². The molecule has 1 atom stereocenters.